The van der Waals surface area contributed by atoms with E-state index in [4.69, 9.17) is 0 Å². The number of amides is 1. The van der Waals surface area contributed by atoms with Crippen LogP contribution in [0.1, 0.15) is 49.5 Å². The van der Waals surface area contributed by atoms with Crippen molar-refractivity contribution in [3.05, 3.63) is 35.4 Å². The van der Waals surface area contributed by atoms with Crippen LogP contribution >= 0.6 is 0 Å². The van der Waals surface area contributed by atoms with E-state index >= 15 is 0 Å². The molecule has 0 bridgehead atoms. The van der Waals surface area contributed by atoms with Crippen molar-refractivity contribution in [3.63, 3.8) is 0 Å². The first-order valence-electron chi connectivity index (χ1n) is 6.80. The maximum Gasteiger partial charge on any atom is 0.254 e. The molecule has 1 unspecified atom stereocenters. The van der Waals surface area contributed by atoms with Crippen molar-refractivity contribution in [3.8, 4) is 0 Å². The Morgan fingerprint density at radius 3 is 2.42 bits per heavy atom. The zero-order chi connectivity index (χ0) is 14.0. The summed E-state index contributed by atoms with van der Waals surface area (Å²) in [7, 11) is 0. The van der Waals surface area contributed by atoms with Crippen LogP contribution in [0.2, 0.25) is 0 Å². The van der Waals surface area contributed by atoms with Gasteiger partial charge in [0, 0.05) is 12.1 Å². The number of carbonyl (C=O) groups excluding carboxylic acids is 2. The zero-order valence-corrected chi connectivity index (χ0v) is 11.8. The van der Waals surface area contributed by atoms with Gasteiger partial charge in [0.2, 0.25) is 0 Å². The van der Waals surface area contributed by atoms with Crippen LogP contribution in [-0.4, -0.2) is 29.7 Å². The van der Waals surface area contributed by atoms with E-state index in [1.165, 1.54) is 5.56 Å². The Morgan fingerprint density at radius 1 is 1.26 bits per heavy atom. The number of rotatable bonds is 2. The average Bonchev–Trinajstić information content (AvgIpc) is 2.85. The van der Waals surface area contributed by atoms with Crippen LogP contribution in [0, 0.1) is 0 Å². The number of benzene rings is 1. The van der Waals surface area contributed by atoms with Crippen molar-refractivity contribution in [2.24, 2.45) is 0 Å². The number of aldehydes is 1. The summed E-state index contributed by atoms with van der Waals surface area (Å²) in [5, 5.41) is 0. The fourth-order valence-corrected chi connectivity index (χ4v) is 2.46. The minimum atomic E-state index is -0.241. The summed E-state index contributed by atoms with van der Waals surface area (Å²) in [4.78, 5) is 25.0. The SMILES string of the molecule is CC(C)(C)c1ccc(C(=O)N2CCCC2C=O)cc1. The molecule has 1 saturated heterocycles. The van der Waals surface area contributed by atoms with Gasteiger partial charge < -0.3 is 9.69 Å². The second-order valence-electron chi connectivity index (χ2n) is 6.17. The quantitative estimate of drug-likeness (QED) is 0.766. The third-order valence-electron chi connectivity index (χ3n) is 3.72. The molecule has 2 rings (SSSR count). The molecule has 1 atom stereocenters. The molecule has 1 heterocycles. The highest BCUT2D eigenvalue weighted by molar-refractivity contribution is 5.96. The second kappa shape index (κ2) is 5.16. The molecule has 1 aromatic rings. The molecule has 0 aromatic heterocycles. The molecule has 1 aromatic carbocycles. The number of nitrogens with zero attached hydrogens (tertiary/aromatic N) is 1. The summed E-state index contributed by atoms with van der Waals surface area (Å²) in [5.74, 6) is -0.0324. The molecule has 0 radical (unpaired) electrons. The summed E-state index contributed by atoms with van der Waals surface area (Å²) in [6.45, 7) is 7.12. The van der Waals surface area contributed by atoms with E-state index in [9.17, 15) is 9.59 Å². The smallest absolute Gasteiger partial charge is 0.254 e. The molecule has 1 amide bonds. The van der Waals surface area contributed by atoms with Crippen molar-refractivity contribution in [1.82, 2.24) is 4.90 Å². The molecule has 0 saturated carbocycles. The zero-order valence-electron chi connectivity index (χ0n) is 11.8. The summed E-state index contributed by atoms with van der Waals surface area (Å²) < 4.78 is 0. The van der Waals surface area contributed by atoms with Crippen molar-refractivity contribution in [1.29, 1.82) is 0 Å². The van der Waals surface area contributed by atoms with E-state index in [1.54, 1.807) is 4.90 Å². The van der Waals surface area contributed by atoms with Gasteiger partial charge in [0.1, 0.15) is 6.29 Å². The lowest BCUT2D eigenvalue weighted by molar-refractivity contribution is -0.111. The predicted octanol–water partition coefficient (Wildman–Crippen LogP) is 2.79. The first kappa shape index (κ1) is 13.8. The van der Waals surface area contributed by atoms with Gasteiger partial charge in [-0.2, -0.15) is 0 Å². The van der Waals surface area contributed by atoms with Gasteiger partial charge in [-0.15, -0.1) is 0 Å². The van der Waals surface area contributed by atoms with Crippen LogP contribution in [0.3, 0.4) is 0 Å². The van der Waals surface area contributed by atoms with Crippen LogP contribution in [0.15, 0.2) is 24.3 Å². The molecular formula is C16H21NO2. The van der Waals surface area contributed by atoms with E-state index in [0.29, 0.717) is 12.1 Å². The fourth-order valence-electron chi connectivity index (χ4n) is 2.46. The number of hydrogen-bond donors (Lipinski definition) is 0. The number of hydrogen-bond acceptors (Lipinski definition) is 2. The van der Waals surface area contributed by atoms with Gasteiger partial charge in [0.05, 0.1) is 6.04 Å². The lowest BCUT2D eigenvalue weighted by Crippen LogP contribution is -2.36. The Hall–Kier alpha value is -1.64. The highest BCUT2D eigenvalue weighted by Crippen LogP contribution is 2.24. The summed E-state index contributed by atoms with van der Waals surface area (Å²) in [5.41, 5.74) is 1.96. The third-order valence-corrected chi connectivity index (χ3v) is 3.72. The first-order valence-corrected chi connectivity index (χ1v) is 6.80. The summed E-state index contributed by atoms with van der Waals surface area (Å²) in [6.07, 6.45) is 2.58. The Balaban J connectivity index is 2.18. The Morgan fingerprint density at radius 2 is 1.89 bits per heavy atom. The van der Waals surface area contributed by atoms with Crippen LogP contribution < -0.4 is 0 Å². The first-order chi connectivity index (χ1) is 8.93. The van der Waals surface area contributed by atoms with E-state index in [2.05, 4.69) is 20.8 Å². The molecule has 1 fully saturated rings. The molecule has 3 nitrogen and oxygen atoms in total. The van der Waals surface area contributed by atoms with E-state index < -0.39 is 0 Å². The predicted molar refractivity (Wildman–Crippen MR) is 75.3 cm³/mol. The highest BCUT2D eigenvalue weighted by atomic mass is 16.2. The average molecular weight is 259 g/mol. The van der Waals surface area contributed by atoms with Gasteiger partial charge in [-0.1, -0.05) is 32.9 Å². The van der Waals surface area contributed by atoms with Crippen molar-refractivity contribution >= 4 is 12.2 Å². The number of likely N-dealkylation sites (tertiary alicyclic amines) is 1. The van der Waals surface area contributed by atoms with E-state index in [1.807, 2.05) is 24.3 Å². The Kier molecular flexibility index (Phi) is 3.74. The van der Waals surface area contributed by atoms with Gasteiger partial charge in [-0.25, -0.2) is 0 Å². The molecule has 1 aliphatic heterocycles. The Labute approximate surface area is 114 Å². The van der Waals surface area contributed by atoms with Crippen molar-refractivity contribution < 1.29 is 9.59 Å². The molecule has 0 spiro atoms. The normalized spacial score (nSPS) is 19.5. The molecule has 0 aliphatic carbocycles. The van der Waals surface area contributed by atoms with Gasteiger partial charge in [0.15, 0.2) is 0 Å². The van der Waals surface area contributed by atoms with Crippen LogP contribution in [0.25, 0.3) is 0 Å². The van der Waals surface area contributed by atoms with Crippen molar-refractivity contribution in [2.45, 2.75) is 45.1 Å². The largest absolute Gasteiger partial charge is 0.329 e. The third kappa shape index (κ3) is 2.86. The van der Waals surface area contributed by atoms with Crippen molar-refractivity contribution in [2.75, 3.05) is 6.54 Å². The topological polar surface area (TPSA) is 37.4 Å². The lowest BCUT2D eigenvalue weighted by atomic mass is 9.86. The molecule has 0 N–H and O–H groups in total. The maximum absolute atomic E-state index is 12.3. The molecular weight excluding hydrogens is 238 g/mol. The van der Waals surface area contributed by atoms with Gasteiger partial charge >= 0.3 is 0 Å². The molecule has 3 heteroatoms. The van der Waals surface area contributed by atoms with Gasteiger partial charge in [0.25, 0.3) is 5.91 Å². The minimum absolute atomic E-state index is 0.0324. The van der Waals surface area contributed by atoms with Crippen LogP contribution in [0.4, 0.5) is 0 Å². The minimum Gasteiger partial charge on any atom is -0.329 e. The van der Waals surface area contributed by atoms with E-state index in [-0.39, 0.29) is 17.4 Å². The monoisotopic (exact) mass is 259 g/mol. The fraction of sp³-hybridized carbons (Fsp3) is 0.500. The van der Waals surface area contributed by atoms with Gasteiger partial charge in [-0.3, -0.25) is 4.79 Å². The molecule has 102 valence electrons. The second-order valence-corrected chi connectivity index (χ2v) is 6.17. The van der Waals surface area contributed by atoms with Crippen LogP contribution in [0.5, 0.6) is 0 Å². The maximum atomic E-state index is 12.3. The highest BCUT2D eigenvalue weighted by Gasteiger charge is 2.29. The molecule has 19 heavy (non-hydrogen) atoms. The standard InChI is InChI=1S/C16H21NO2/c1-16(2,3)13-8-6-12(7-9-13)15(19)17-10-4-5-14(17)11-18/h6-9,11,14H,4-5,10H2,1-3H3. The summed E-state index contributed by atoms with van der Waals surface area (Å²) >= 11 is 0. The Bertz CT molecular complexity index is 471. The van der Waals surface area contributed by atoms with E-state index in [0.717, 1.165) is 19.1 Å². The van der Waals surface area contributed by atoms with Gasteiger partial charge in [-0.05, 0) is 36.0 Å². The van der Waals surface area contributed by atoms with Crippen LogP contribution in [-0.2, 0) is 10.2 Å². The molecule has 1 aliphatic rings. The summed E-state index contributed by atoms with van der Waals surface area (Å²) in [6, 6.07) is 7.49. The lowest BCUT2D eigenvalue weighted by Gasteiger charge is -2.22. The number of carbonyl (C=O) groups is 2.